The minimum atomic E-state index is -0.0748. The Morgan fingerprint density at radius 2 is 2.24 bits per heavy atom. The van der Waals surface area contributed by atoms with Crippen molar-refractivity contribution < 1.29 is 13.9 Å². The Hall–Kier alpha value is -2.83. The van der Waals surface area contributed by atoms with Gasteiger partial charge in [-0.25, -0.2) is 0 Å². The van der Waals surface area contributed by atoms with Gasteiger partial charge in [0, 0.05) is 32.8 Å². The molecular weight excluding hydrogens is 320 g/mol. The minimum absolute atomic E-state index is 0.0428. The zero-order chi connectivity index (χ0) is 17.6. The number of carbonyl (C=O) groups is 1. The van der Waals surface area contributed by atoms with Gasteiger partial charge < -0.3 is 19.0 Å². The van der Waals surface area contributed by atoms with Crippen molar-refractivity contribution in [3.05, 3.63) is 42.4 Å². The Balaban J connectivity index is 1.56. The average molecular weight is 342 g/mol. The van der Waals surface area contributed by atoms with E-state index < -0.39 is 0 Å². The van der Waals surface area contributed by atoms with Gasteiger partial charge in [-0.2, -0.15) is 0 Å². The molecule has 2 aromatic heterocycles. The van der Waals surface area contributed by atoms with E-state index in [1.54, 1.807) is 29.4 Å². The molecule has 1 fully saturated rings. The molecule has 0 bridgehead atoms. The second kappa shape index (κ2) is 7.83. The predicted molar refractivity (Wildman–Crippen MR) is 94.3 cm³/mol. The van der Waals surface area contributed by atoms with Gasteiger partial charge in [-0.3, -0.25) is 4.79 Å². The number of hydrogen-bond donors (Lipinski definition) is 0. The van der Waals surface area contributed by atoms with Crippen LogP contribution in [0.25, 0.3) is 6.08 Å². The second-order valence-electron chi connectivity index (χ2n) is 6.14. The summed E-state index contributed by atoms with van der Waals surface area (Å²) in [6, 6.07) is 7.26. The molecule has 25 heavy (non-hydrogen) atoms. The van der Waals surface area contributed by atoms with E-state index in [0.29, 0.717) is 18.2 Å². The van der Waals surface area contributed by atoms with Crippen LogP contribution < -0.4 is 9.64 Å². The van der Waals surface area contributed by atoms with Crippen molar-refractivity contribution in [2.24, 2.45) is 0 Å². The molecular formula is C18H22N4O3. The molecule has 1 unspecified atom stereocenters. The Kier molecular flexibility index (Phi) is 5.33. The van der Waals surface area contributed by atoms with Crippen molar-refractivity contribution in [2.75, 3.05) is 32.1 Å². The summed E-state index contributed by atoms with van der Waals surface area (Å²) >= 11 is 0. The van der Waals surface area contributed by atoms with E-state index in [9.17, 15) is 4.79 Å². The van der Waals surface area contributed by atoms with E-state index in [4.69, 9.17) is 9.15 Å². The smallest absolute Gasteiger partial charge is 0.246 e. The van der Waals surface area contributed by atoms with Crippen LogP contribution in [0, 0.1) is 0 Å². The molecule has 132 valence electrons. The highest BCUT2D eigenvalue weighted by atomic mass is 16.5. The van der Waals surface area contributed by atoms with Crippen LogP contribution in [0.5, 0.6) is 5.88 Å². The summed E-state index contributed by atoms with van der Waals surface area (Å²) < 4.78 is 11.1. The van der Waals surface area contributed by atoms with Crippen molar-refractivity contribution in [1.29, 1.82) is 0 Å². The van der Waals surface area contributed by atoms with Crippen LogP contribution in [0.2, 0.25) is 0 Å². The molecule has 0 aliphatic carbocycles. The highest BCUT2D eigenvalue weighted by Gasteiger charge is 2.24. The first-order chi connectivity index (χ1) is 12.1. The fraction of sp³-hybridized carbons (Fsp3) is 0.389. The number of likely N-dealkylation sites (tertiary alicyclic amines) is 1. The summed E-state index contributed by atoms with van der Waals surface area (Å²) in [6.45, 7) is 1.27. The fourth-order valence-electron chi connectivity index (χ4n) is 2.66. The van der Waals surface area contributed by atoms with Gasteiger partial charge in [-0.15, -0.1) is 10.2 Å². The third-order valence-electron chi connectivity index (χ3n) is 3.99. The molecule has 1 atom stereocenters. The lowest BCUT2D eigenvalue weighted by Crippen LogP contribution is -2.43. The maximum atomic E-state index is 12.3. The van der Waals surface area contributed by atoms with Crippen LogP contribution in [-0.2, 0) is 4.79 Å². The molecule has 1 amide bonds. The topological polar surface area (TPSA) is 71.7 Å². The third kappa shape index (κ3) is 4.59. The van der Waals surface area contributed by atoms with E-state index in [1.807, 2.05) is 31.1 Å². The summed E-state index contributed by atoms with van der Waals surface area (Å²) in [4.78, 5) is 16.0. The number of aromatic nitrogens is 2. The van der Waals surface area contributed by atoms with E-state index in [0.717, 1.165) is 25.2 Å². The molecule has 0 N–H and O–H groups in total. The van der Waals surface area contributed by atoms with Gasteiger partial charge in [-0.05, 0) is 37.1 Å². The van der Waals surface area contributed by atoms with E-state index >= 15 is 0 Å². The molecule has 1 aliphatic heterocycles. The maximum absolute atomic E-state index is 12.3. The standard InChI is InChI=1S/C18H22N4O3/c1-21(2)16-8-9-17(20-19-16)25-15-5-3-11-22(13-15)18(23)10-7-14-6-4-12-24-14/h4,6-10,12,15H,3,5,11,13H2,1-2H3/b10-7+. The average Bonchev–Trinajstić information content (AvgIpc) is 3.14. The second-order valence-corrected chi connectivity index (χ2v) is 6.14. The van der Waals surface area contributed by atoms with E-state index in [1.165, 1.54) is 6.08 Å². The van der Waals surface area contributed by atoms with Gasteiger partial charge in [0.05, 0.1) is 12.8 Å². The molecule has 0 aromatic carbocycles. The number of amides is 1. The van der Waals surface area contributed by atoms with Crippen molar-refractivity contribution in [2.45, 2.75) is 18.9 Å². The Labute approximate surface area is 146 Å². The van der Waals surface area contributed by atoms with Crippen LogP contribution in [0.15, 0.2) is 41.0 Å². The summed E-state index contributed by atoms with van der Waals surface area (Å²) in [5.41, 5.74) is 0. The van der Waals surface area contributed by atoms with Crippen molar-refractivity contribution >= 4 is 17.8 Å². The van der Waals surface area contributed by atoms with Gasteiger partial charge in [0.2, 0.25) is 11.8 Å². The lowest BCUT2D eigenvalue weighted by molar-refractivity contribution is -0.128. The van der Waals surface area contributed by atoms with Gasteiger partial charge >= 0.3 is 0 Å². The number of rotatable bonds is 5. The first-order valence-electron chi connectivity index (χ1n) is 8.30. The predicted octanol–water partition coefficient (Wildman–Crippen LogP) is 2.22. The SMILES string of the molecule is CN(C)c1ccc(OC2CCCN(C(=O)/C=C/c3ccco3)C2)nn1. The Morgan fingerprint density at radius 1 is 1.36 bits per heavy atom. The molecule has 3 heterocycles. The highest BCUT2D eigenvalue weighted by molar-refractivity contribution is 5.91. The summed E-state index contributed by atoms with van der Waals surface area (Å²) in [5.74, 6) is 1.88. The first-order valence-corrected chi connectivity index (χ1v) is 8.30. The maximum Gasteiger partial charge on any atom is 0.246 e. The fourth-order valence-corrected chi connectivity index (χ4v) is 2.66. The molecule has 2 aromatic rings. The third-order valence-corrected chi connectivity index (χ3v) is 3.99. The van der Waals surface area contributed by atoms with Crippen molar-refractivity contribution in [3.8, 4) is 5.88 Å². The number of carbonyl (C=O) groups excluding carboxylic acids is 1. The molecule has 1 saturated heterocycles. The summed E-state index contributed by atoms with van der Waals surface area (Å²) in [5, 5.41) is 8.19. The minimum Gasteiger partial charge on any atom is -0.471 e. The quantitative estimate of drug-likeness (QED) is 0.776. The number of piperidine rings is 1. The van der Waals surface area contributed by atoms with E-state index in [-0.39, 0.29) is 12.0 Å². The number of ether oxygens (including phenoxy) is 1. The van der Waals surface area contributed by atoms with Crippen molar-refractivity contribution in [3.63, 3.8) is 0 Å². The monoisotopic (exact) mass is 342 g/mol. The normalized spacial score (nSPS) is 17.7. The molecule has 7 nitrogen and oxygen atoms in total. The lowest BCUT2D eigenvalue weighted by Gasteiger charge is -2.31. The molecule has 3 rings (SSSR count). The summed E-state index contributed by atoms with van der Waals surface area (Å²) in [7, 11) is 3.82. The van der Waals surface area contributed by atoms with Crippen LogP contribution in [0.4, 0.5) is 5.82 Å². The van der Waals surface area contributed by atoms with Crippen LogP contribution in [0.1, 0.15) is 18.6 Å². The highest BCUT2D eigenvalue weighted by Crippen LogP contribution is 2.18. The largest absolute Gasteiger partial charge is 0.471 e. The number of hydrogen-bond acceptors (Lipinski definition) is 6. The number of furan rings is 1. The Bertz CT molecular complexity index is 710. The number of anilines is 1. The van der Waals surface area contributed by atoms with Crippen LogP contribution in [-0.4, -0.2) is 54.3 Å². The zero-order valence-electron chi connectivity index (χ0n) is 14.5. The van der Waals surface area contributed by atoms with E-state index in [2.05, 4.69) is 10.2 Å². The molecule has 7 heteroatoms. The molecule has 0 spiro atoms. The first kappa shape index (κ1) is 17.0. The number of nitrogens with zero attached hydrogens (tertiary/aromatic N) is 4. The zero-order valence-corrected chi connectivity index (χ0v) is 14.5. The van der Waals surface area contributed by atoms with Gasteiger partial charge in [0.1, 0.15) is 11.9 Å². The molecule has 1 aliphatic rings. The lowest BCUT2D eigenvalue weighted by atomic mass is 10.1. The van der Waals surface area contributed by atoms with Gasteiger partial charge in [0.15, 0.2) is 5.82 Å². The van der Waals surface area contributed by atoms with Crippen LogP contribution in [0.3, 0.4) is 0 Å². The molecule has 0 radical (unpaired) electrons. The molecule has 0 saturated carbocycles. The summed E-state index contributed by atoms with van der Waals surface area (Å²) in [6.07, 6.45) is 6.51. The van der Waals surface area contributed by atoms with Crippen LogP contribution >= 0.6 is 0 Å². The van der Waals surface area contributed by atoms with Gasteiger partial charge in [0.25, 0.3) is 0 Å². The van der Waals surface area contributed by atoms with Gasteiger partial charge in [-0.1, -0.05) is 0 Å². The Morgan fingerprint density at radius 3 is 2.92 bits per heavy atom. The van der Waals surface area contributed by atoms with Crippen molar-refractivity contribution in [1.82, 2.24) is 15.1 Å².